The van der Waals surface area contributed by atoms with E-state index < -0.39 is 29.8 Å². The Morgan fingerprint density at radius 1 is 1.16 bits per heavy atom. The summed E-state index contributed by atoms with van der Waals surface area (Å²) in [6, 6.07) is 1.86. The molecule has 1 aliphatic rings. The molecule has 0 spiro atoms. The fourth-order valence-corrected chi connectivity index (χ4v) is 2.99. The Bertz CT molecular complexity index is 689. The lowest BCUT2D eigenvalue weighted by Gasteiger charge is -2.26. The SMILES string of the molecule is CC(C)(C)OC(=O)N1CC(Oc2cc(Cl)c(Cl)cc2Cl)CC1C(=O)O. The maximum atomic E-state index is 12.3. The van der Waals surface area contributed by atoms with Gasteiger partial charge in [0.15, 0.2) is 0 Å². The molecule has 1 aliphatic heterocycles. The van der Waals surface area contributed by atoms with Gasteiger partial charge in [-0.25, -0.2) is 9.59 Å². The zero-order chi connectivity index (χ0) is 18.9. The van der Waals surface area contributed by atoms with Crippen LogP contribution in [0.4, 0.5) is 4.79 Å². The molecule has 0 bridgehead atoms. The summed E-state index contributed by atoms with van der Waals surface area (Å²) >= 11 is 17.9. The van der Waals surface area contributed by atoms with Crippen molar-refractivity contribution in [3.63, 3.8) is 0 Å². The van der Waals surface area contributed by atoms with Gasteiger partial charge in [-0.15, -0.1) is 0 Å². The highest BCUT2D eigenvalue weighted by atomic mass is 35.5. The van der Waals surface area contributed by atoms with E-state index >= 15 is 0 Å². The lowest BCUT2D eigenvalue weighted by Crippen LogP contribution is -2.43. The summed E-state index contributed by atoms with van der Waals surface area (Å²) in [6.45, 7) is 5.18. The molecule has 0 radical (unpaired) electrons. The Balaban J connectivity index is 2.15. The van der Waals surface area contributed by atoms with Crippen molar-refractivity contribution in [2.24, 2.45) is 0 Å². The van der Waals surface area contributed by atoms with Gasteiger partial charge in [0.1, 0.15) is 23.5 Å². The summed E-state index contributed by atoms with van der Waals surface area (Å²) in [4.78, 5) is 24.9. The van der Waals surface area contributed by atoms with Crippen molar-refractivity contribution in [3.05, 3.63) is 27.2 Å². The van der Waals surface area contributed by atoms with Gasteiger partial charge in [0.05, 0.1) is 21.6 Å². The van der Waals surface area contributed by atoms with E-state index in [2.05, 4.69) is 0 Å². The van der Waals surface area contributed by atoms with Crippen LogP contribution in [-0.4, -0.2) is 46.4 Å². The molecule has 2 unspecified atom stereocenters. The molecule has 0 aromatic heterocycles. The third-order valence-electron chi connectivity index (χ3n) is 3.44. The quantitative estimate of drug-likeness (QED) is 0.743. The second-order valence-electron chi connectivity index (χ2n) is 6.66. The maximum absolute atomic E-state index is 12.3. The Kier molecular flexibility index (Phi) is 5.97. The highest BCUT2D eigenvalue weighted by Gasteiger charge is 2.42. The predicted molar refractivity (Wildman–Crippen MR) is 94.9 cm³/mol. The summed E-state index contributed by atoms with van der Waals surface area (Å²) in [5, 5.41) is 10.2. The number of hydrogen-bond donors (Lipinski definition) is 1. The molecule has 1 fully saturated rings. The number of ether oxygens (including phenoxy) is 2. The second kappa shape index (κ2) is 7.48. The van der Waals surface area contributed by atoms with Crippen LogP contribution in [0.2, 0.25) is 15.1 Å². The number of likely N-dealkylation sites (tertiary alicyclic amines) is 1. The highest BCUT2D eigenvalue weighted by molar-refractivity contribution is 6.43. The third-order valence-corrected chi connectivity index (χ3v) is 4.46. The van der Waals surface area contributed by atoms with Crippen LogP contribution in [0.25, 0.3) is 0 Å². The van der Waals surface area contributed by atoms with Gasteiger partial charge < -0.3 is 14.6 Å². The minimum Gasteiger partial charge on any atom is -0.487 e. The number of benzene rings is 1. The molecule has 6 nitrogen and oxygen atoms in total. The Labute approximate surface area is 160 Å². The largest absolute Gasteiger partial charge is 0.487 e. The number of nitrogens with zero attached hydrogens (tertiary/aromatic N) is 1. The summed E-state index contributed by atoms with van der Waals surface area (Å²) in [6.07, 6.45) is -1.17. The van der Waals surface area contributed by atoms with E-state index in [0.717, 1.165) is 4.90 Å². The van der Waals surface area contributed by atoms with E-state index in [-0.39, 0.29) is 33.8 Å². The number of amides is 1. The number of carbonyl (C=O) groups excluding carboxylic acids is 1. The van der Waals surface area contributed by atoms with Crippen molar-refractivity contribution in [2.45, 2.75) is 44.9 Å². The van der Waals surface area contributed by atoms with Crippen LogP contribution in [0.15, 0.2) is 12.1 Å². The van der Waals surface area contributed by atoms with Gasteiger partial charge >= 0.3 is 12.1 Å². The second-order valence-corrected chi connectivity index (χ2v) is 7.88. The van der Waals surface area contributed by atoms with E-state index in [9.17, 15) is 14.7 Å². The van der Waals surface area contributed by atoms with Crippen molar-refractivity contribution in [2.75, 3.05) is 6.54 Å². The molecular formula is C16H18Cl3NO5. The van der Waals surface area contributed by atoms with Crippen LogP contribution in [0.1, 0.15) is 27.2 Å². The van der Waals surface area contributed by atoms with Crippen LogP contribution in [0, 0.1) is 0 Å². The number of carbonyl (C=O) groups is 2. The van der Waals surface area contributed by atoms with Gasteiger partial charge in [-0.1, -0.05) is 34.8 Å². The van der Waals surface area contributed by atoms with Crippen molar-refractivity contribution in [3.8, 4) is 5.75 Å². The number of hydrogen-bond acceptors (Lipinski definition) is 4. The predicted octanol–water partition coefficient (Wildman–Crippen LogP) is 4.49. The Morgan fingerprint density at radius 3 is 2.32 bits per heavy atom. The van der Waals surface area contributed by atoms with E-state index in [1.54, 1.807) is 20.8 Å². The van der Waals surface area contributed by atoms with Crippen LogP contribution >= 0.6 is 34.8 Å². The summed E-state index contributed by atoms with van der Waals surface area (Å²) in [7, 11) is 0. The lowest BCUT2D eigenvalue weighted by molar-refractivity contribution is -0.142. The van der Waals surface area contributed by atoms with Crippen LogP contribution < -0.4 is 4.74 Å². The molecule has 1 aromatic carbocycles. The molecule has 1 aromatic rings. The third kappa shape index (κ3) is 5.06. The molecule has 9 heteroatoms. The number of rotatable bonds is 3. The molecular weight excluding hydrogens is 393 g/mol. The van der Waals surface area contributed by atoms with Gasteiger partial charge in [0, 0.05) is 12.5 Å². The fourth-order valence-electron chi connectivity index (χ4n) is 2.41. The average molecular weight is 411 g/mol. The number of carboxylic acids is 1. The van der Waals surface area contributed by atoms with Gasteiger partial charge in [-0.2, -0.15) is 0 Å². The summed E-state index contributed by atoms with van der Waals surface area (Å²) < 4.78 is 11.0. The first-order chi connectivity index (χ1) is 11.5. The summed E-state index contributed by atoms with van der Waals surface area (Å²) in [5.74, 6) is -0.853. The topological polar surface area (TPSA) is 76.1 Å². The lowest BCUT2D eigenvalue weighted by atomic mass is 10.2. The van der Waals surface area contributed by atoms with Crippen LogP contribution in [0.5, 0.6) is 5.75 Å². The normalized spacial score (nSPS) is 20.5. The maximum Gasteiger partial charge on any atom is 0.411 e. The molecule has 1 amide bonds. The minimum atomic E-state index is -1.13. The Hall–Kier alpha value is -1.37. The minimum absolute atomic E-state index is 0.0580. The van der Waals surface area contributed by atoms with E-state index in [1.807, 2.05) is 0 Å². The monoisotopic (exact) mass is 409 g/mol. The van der Waals surface area contributed by atoms with Gasteiger partial charge in [-0.05, 0) is 26.8 Å². The number of aliphatic carboxylic acids is 1. The van der Waals surface area contributed by atoms with Crippen molar-refractivity contribution < 1.29 is 24.2 Å². The van der Waals surface area contributed by atoms with Gasteiger partial charge in [0.25, 0.3) is 0 Å². The molecule has 2 rings (SSSR count). The molecule has 1 N–H and O–H groups in total. The van der Waals surface area contributed by atoms with Crippen LogP contribution in [-0.2, 0) is 9.53 Å². The Morgan fingerprint density at radius 2 is 1.76 bits per heavy atom. The smallest absolute Gasteiger partial charge is 0.411 e. The van der Waals surface area contributed by atoms with E-state index in [0.29, 0.717) is 0 Å². The number of carboxylic acid groups (broad SMARTS) is 1. The van der Waals surface area contributed by atoms with Crippen molar-refractivity contribution in [1.82, 2.24) is 4.90 Å². The average Bonchev–Trinajstić information content (AvgIpc) is 2.87. The molecule has 2 atom stereocenters. The zero-order valence-electron chi connectivity index (χ0n) is 13.9. The number of halogens is 3. The van der Waals surface area contributed by atoms with E-state index in [4.69, 9.17) is 44.3 Å². The first kappa shape index (κ1) is 19.9. The fraction of sp³-hybridized carbons (Fsp3) is 0.500. The summed E-state index contributed by atoms with van der Waals surface area (Å²) in [5.41, 5.74) is -0.730. The molecule has 0 aliphatic carbocycles. The van der Waals surface area contributed by atoms with Crippen molar-refractivity contribution >= 4 is 46.9 Å². The zero-order valence-corrected chi connectivity index (χ0v) is 16.2. The van der Waals surface area contributed by atoms with Crippen LogP contribution in [0.3, 0.4) is 0 Å². The first-order valence-electron chi connectivity index (χ1n) is 7.51. The highest BCUT2D eigenvalue weighted by Crippen LogP contribution is 2.36. The van der Waals surface area contributed by atoms with Crippen molar-refractivity contribution in [1.29, 1.82) is 0 Å². The molecule has 25 heavy (non-hydrogen) atoms. The molecule has 1 saturated heterocycles. The molecule has 1 heterocycles. The first-order valence-corrected chi connectivity index (χ1v) is 8.65. The van der Waals surface area contributed by atoms with Gasteiger partial charge in [-0.3, -0.25) is 4.90 Å². The van der Waals surface area contributed by atoms with E-state index in [1.165, 1.54) is 12.1 Å². The van der Waals surface area contributed by atoms with Gasteiger partial charge in [0.2, 0.25) is 0 Å². The molecule has 138 valence electrons. The standard InChI is InChI=1S/C16H18Cl3NO5/c1-16(2,3)25-15(23)20-7-8(4-12(20)14(21)22)24-13-6-10(18)9(17)5-11(13)19/h5-6,8,12H,4,7H2,1-3H3,(H,21,22). The molecule has 0 saturated carbocycles.